The van der Waals surface area contributed by atoms with Gasteiger partial charge in [0.1, 0.15) is 29.5 Å². The van der Waals surface area contributed by atoms with Crippen LogP contribution >= 0.6 is 0 Å². The van der Waals surface area contributed by atoms with Crippen molar-refractivity contribution in [2.45, 2.75) is 18.3 Å². The van der Waals surface area contributed by atoms with Crippen molar-refractivity contribution in [1.29, 1.82) is 0 Å². The lowest BCUT2D eigenvalue weighted by atomic mass is 9.91. The van der Waals surface area contributed by atoms with E-state index in [1.807, 2.05) is 0 Å². The molecule has 104 valence electrons. The lowest BCUT2D eigenvalue weighted by Gasteiger charge is -2.34. The highest BCUT2D eigenvalue weighted by molar-refractivity contribution is 5.48. The van der Waals surface area contributed by atoms with Crippen LogP contribution in [0.1, 0.15) is 23.3 Å². The average molecular weight is 274 g/mol. The van der Waals surface area contributed by atoms with E-state index in [4.69, 9.17) is 4.74 Å². The summed E-state index contributed by atoms with van der Waals surface area (Å²) in [6.07, 6.45) is -3.21. The molecule has 0 saturated heterocycles. The molecular weight excluding hydrogens is 260 g/mol. The van der Waals surface area contributed by atoms with E-state index in [0.717, 1.165) is 0 Å². The quantitative estimate of drug-likeness (QED) is 0.634. The summed E-state index contributed by atoms with van der Waals surface area (Å²) in [5.41, 5.74) is 0.818. The first-order chi connectivity index (χ1) is 9.58. The predicted octanol–water partition coefficient (Wildman–Crippen LogP) is 1.63. The maximum atomic E-state index is 10.2. The maximum Gasteiger partial charge on any atom is 0.152 e. The Balaban J connectivity index is 2.02. The van der Waals surface area contributed by atoms with Gasteiger partial charge in [0, 0.05) is 0 Å². The smallest absolute Gasteiger partial charge is 0.152 e. The summed E-state index contributed by atoms with van der Waals surface area (Å²) in [6, 6.07) is 10.8. The number of fused-ring (bicyclic) bond motifs is 1. The summed E-state index contributed by atoms with van der Waals surface area (Å²) < 4.78 is 5.67. The van der Waals surface area contributed by atoms with Crippen LogP contribution < -0.4 is 4.74 Å². The van der Waals surface area contributed by atoms with E-state index in [0.29, 0.717) is 11.3 Å². The lowest BCUT2D eigenvalue weighted by Crippen LogP contribution is -2.34. The second kappa shape index (κ2) is 4.70. The molecule has 0 saturated carbocycles. The highest BCUT2D eigenvalue weighted by atomic mass is 16.5. The van der Waals surface area contributed by atoms with Crippen molar-refractivity contribution in [3.8, 4) is 17.2 Å². The summed E-state index contributed by atoms with van der Waals surface area (Å²) in [4.78, 5) is 0. The minimum atomic E-state index is -1.24. The van der Waals surface area contributed by atoms with Gasteiger partial charge in [-0.25, -0.2) is 0 Å². The highest BCUT2D eigenvalue weighted by Crippen LogP contribution is 2.44. The molecule has 1 heterocycles. The Hall–Kier alpha value is -2.24. The fourth-order valence-electron chi connectivity index (χ4n) is 2.40. The van der Waals surface area contributed by atoms with Gasteiger partial charge in [0.05, 0.1) is 5.56 Å². The molecule has 3 atom stereocenters. The van der Waals surface area contributed by atoms with Crippen molar-refractivity contribution < 1.29 is 25.2 Å². The van der Waals surface area contributed by atoms with Crippen LogP contribution in [0, 0.1) is 0 Å². The van der Waals surface area contributed by atoms with Crippen molar-refractivity contribution >= 4 is 0 Å². The average Bonchev–Trinajstić information content (AvgIpc) is 2.44. The van der Waals surface area contributed by atoms with E-state index >= 15 is 0 Å². The van der Waals surface area contributed by atoms with Crippen molar-refractivity contribution in [3.63, 3.8) is 0 Å². The number of rotatable bonds is 1. The summed E-state index contributed by atoms with van der Waals surface area (Å²) in [6.45, 7) is 0. The van der Waals surface area contributed by atoms with Crippen molar-refractivity contribution in [2.24, 2.45) is 0 Å². The molecule has 1 aliphatic rings. The number of hydrogen-bond acceptors (Lipinski definition) is 5. The monoisotopic (exact) mass is 274 g/mol. The SMILES string of the molecule is Oc1ccc([C@H]2Oc3cccc(O)c3[C@@H](O)[C@H]2O)cc1. The van der Waals surface area contributed by atoms with Gasteiger partial charge in [-0.1, -0.05) is 18.2 Å². The summed E-state index contributed by atoms with van der Waals surface area (Å²) in [5, 5.41) is 39.4. The van der Waals surface area contributed by atoms with Gasteiger partial charge in [-0.05, 0) is 29.8 Å². The molecule has 0 aromatic heterocycles. The van der Waals surface area contributed by atoms with Gasteiger partial charge < -0.3 is 25.2 Å². The Bertz CT molecular complexity index is 623. The predicted molar refractivity (Wildman–Crippen MR) is 70.5 cm³/mol. The molecule has 0 radical (unpaired) electrons. The fraction of sp³-hybridized carbons (Fsp3) is 0.200. The Morgan fingerprint density at radius 2 is 1.60 bits per heavy atom. The minimum Gasteiger partial charge on any atom is -0.508 e. The molecule has 2 aromatic carbocycles. The van der Waals surface area contributed by atoms with Crippen LogP contribution in [0.3, 0.4) is 0 Å². The van der Waals surface area contributed by atoms with E-state index in [1.54, 1.807) is 24.3 Å². The van der Waals surface area contributed by atoms with Crippen LogP contribution in [0.15, 0.2) is 42.5 Å². The van der Waals surface area contributed by atoms with Crippen LogP contribution in [0.5, 0.6) is 17.2 Å². The number of phenolic OH excluding ortho intramolecular Hbond substituents is 2. The Kier molecular flexibility index (Phi) is 3.00. The Labute approximate surface area is 115 Å². The first-order valence-corrected chi connectivity index (χ1v) is 6.21. The third-order valence-corrected chi connectivity index (χ3v) is 3.45. The van der Waals surface area contributed by atoms with Crippen molar-refractivity contribution in [1.82, 2.24) is 0 Å². The normalized spacial score (nSPS) is 24.8. The number of aliphatic hydroxyl groups is 2. The number of aliphatic hydroxyl groups excluding tert-OH is 2. The zero-order chi connectivity index (χ0) is 14.3. The Morgan fingerprint density at radius 3 is 2.30 bits per heavy atom. The van der Waals surface area contributed by atoms with Crippen LogP contribution in [0.4, 0.5) is 0 Å². The molecule has 0 fully saturated rings. The van der Waals surface area contributed by atoms with Crippen molar-refractivity contribution in [3.05, 3.63) is 53.6 Å². The molecule has 0 bridgehead atoms. The molecule has 2 aromatic rings. The van der Waals surface area contributed by atoms with Crippen LogP contribution in [-0.4, -0.2) is 26.5 Å². The standard InChI is InChI=1S/C15H14O5/c16-9-6-4-8(5-7-9)15-14(19)13(18)12-10(17)2-1-3-11(12)20-15/h1-7,13-19H/t13-,14-,15-/m1/s1. The topological polar surface area (TPSA) is 90.2 Å². The zero-order valence-corrected chi connectivity index (χ0v) is 10.5. The van der Waals surface area contributed by atoms with Gasteiger partial charge in [-0.3, -0.25) is 0 Å². The first kappa shape index (κ1) is 12.8. The molecule has 4 N–H and O–H groups in total. The largest absolute Gasteiger partial charge is 0.508 e. The molecular formula is C15H14O5. The number of aromatic hydroxyl groups is 2. The number of ether oxygens (including phenoxy) is 1. The molecule has 0 amide bonds. The third-order valence-electron chi connectivity index (χ3n) is 3.45. The zero-order valence-electron chi connectivity index (χ0n) is 10.5. The lowest BCUT2D eigenvalue weighted by molar-refractivity contribution is -0.0709. The van der Waals surface area contributed by atoms with E-state index in [2.05, 4.69) is 0 Å². The summed E-state index contributed by atoms with van der Waals surface area (Å²) in [7, 11) is 0. The van der Waals surface area contributed by atoms with Gasteiger partial charge in [0.25, 0.3) is 0 Å². The third kappa shape index (κ3) is 1.97. The van der Waals surface area contributed by atoms with Gasteiger partial charge in [0.15, 0.2) is 6.10 Å². The van der Waals surface area contributed by atoms with E-state index in [9.17, 15) is 20.4 Å². The Morgan fingerprint density at radius 1 is 0.900 bits per heavy atom. The van der Waals surface area contributed by atoms with E-state index < -0.39 is 18.3 Å². The second-order valence-electron chi connectivity index (χ2n) is 4.75. The van der Waals surface area contributed by atoms with Crippen LogP contribution in [0.2, 0.25) is 0 Å². The van der Waals surface area contributed by atoms with Crippen LogP contribution in [0.25, 0.3) is 0 Å². The number of benzene rings is 2. The number of phenols is 2. The van der Waals surface area contributed by atoms with Crippen LogP contribution in [-0.2, 0) is 0 Å². The first-order valence-electron chi connectivity index (χ1n) is 6.21. The molecule has 5 heteroatoms. The molecule has 3 rings (SSSR count). The van der Waals surface area contributed by atoms with Gasteiger partial charge >= 0.3 is 0 Å². The number of hydrogen-bond donors (Lipinski definition) is 4. The molecule has 0 spiro atoms. The van der Waals surface area contributed by atoms with Gasteiger partial charge in [0.2, 0.25) is 0 Å². The summed E-state index contributed by atoms with van der Waals surface area (Å²) >= 11 is 0. The van der Waals surface area contributed by atoms with Gasteiger partial charge in [-0.15, -0.1) is 0 Å². The van der Waals surface area contributed by atoms with Gasteiger partial charge in [-0.2, -0.15) is 0 Å². The molecule has 0 aliphatic carbocycles. The fourth-order valence-corrected chi connectivity index (χ4v) is 2.40. The van der Waals surface area contributed by atoms with E-state index in [1.165, 1.54) is 18.2 Å². The maximum absolute atomic E-state index is 10.2. The minimum absolute atomic E-state index is 0.109. The molecule has 5 nitrogen and oxygen atoms in total. The second-order valence-corrected chi connectivity index (χ2v) is 4.75. The molecule has 0 unspecified atom stereocenters. The van der Waals surface area contributed by atoms with Crippen molar-refractivity contribution in [2.75, 3.05) is 0 Å². The highest BCUT2D eigenvalue weighted by Gasteiger charge is 2.38. The summed E-state index contributed by atoms with van der Waals surface area (Å²) in [5.74, 6) is 0.330. The van der Waals surface area contributed by atoms with E-state index in [-0.39, 0.29) is 17.1 Å². The molecule has 20 heavy (non-hydrogen) atoms. The molecule has 1 aliphatic heterocycles.